The van der Waals surface area contributed by atoms with E-state index in [9.17, 15) is 9.18 Å². The zero-order valence-electron chi connectivity index (χ0n) is 9.03. The summed E-state index contributed by atoms with van der Waals surface area (Å²) in [5.74, 6) is -1.15. The average Bonchev–Trinajstić information content (AvgIpc) is 2.16. The van der Waals surface area contributed by atoms with Crippen LogP contribution in [0.15, 0.2) is 18.2 Å². The summed E-state index contributed by atoms with van der Waals surface area (Å²) >= 11 is 0. The van der Waals surface area contributed by atoms with Crippen molar-refractivity contribution in [2.24, 2.45) is 0 Å². The van der Waals surface area contributed by atoms with E-state index in [1.807, 2.05) is 0 Å². The zero-order chi connectivity index (χ0) is 12.1. The summed E-state index contributed by atoms with van der Waals surface area (Å²) in [4.78, 5) is 11.5. The van der Waals surface area contributed by atoms with Gasteiger partial charge >= 0.3 is 0 Å². The number of benzene rings is 1. The predicted octanol–water partition coefficient (Wildman–Crippen LogP) is 0.909. The highest BCUT2D eigenvalue weighted by Crippen LogP contribution is 2.11. The van der Waals surface area contributed by atoms with Crippen molar-refractivity contribution in [3.05, 3.63) is 29.6 Å². The number of carbonyl (C=O) groups excluding carboxylic acids is 1. The van der Waals surface area contributed by atoms with Crippen LogP contribution in [0.5, 0.6) is 0 Å². The lowest BCUT2D eigenvalue weighted by Gasteiger charge is -2.07. The first-order valence-electron chi connectivity index (χ1n) is 5.02. The predicted molar refractivity (Wildman–Crippen MR) is 59.4 cm³/mol. The first kappa shape index (κ1) is 12.4. The van der Waals surface area contributed by atoms with Crippen LogP contribution in [0.2, 0.25) is 0 Å². The third-order valence-electron chi connectivity index (χ3n) is 2.09. The number of nitrogens with two attached hydrogens (primary N) is 1. The maximum absolute atomic E-state index is 13.3. The Labute approximate surface area is 93.3 Å². The van der Waals surface area contributed by atoms with Crippen LogP contribution in [-0.4, -0.2) is 23.7 Å². The molecule has 88 valence electrons. The van der Waals surface area contributed by atoms with Gasteiger partial charge in [0.25, 0.3) is 5.91 Å². The van der Waals surface area contributed by atoms with Crippen molar-refractivity contribution in [2.45, 2.75) is 19.4 Å². The molecule has 1 aromatic rings. The highest BCUT2D eigenvalue weighted by atomic mass is 19.1. The van der Waals surface area contributed by atoms with Gasteiger partial charge < -0.3 is 16.2 Å². The summed E-state index contributed by atoms with van der Waals surface area (Å²) in [6, 6.07) is 3.90. The van der Waals surface area contributed by atoms with Gasteiger partial charge in [-0.2, -0.15) is 0 Å². The van der Waals surface area contributed by atoms with E-state index in [0.29, 0.717) is 13.0 Å². The molecule has 0 spiro atoms. The minimum Gasteiger partial charge on any atom is -0.399 e. The molecule has 0 heterocycles. The van der Waals surface area contributed by atoms with Gasteiger partial charge in [0.1, 0.15) is 5.82 Å². The standard InChI is InChI=1S/C11H15FN2O2/c1-7(15)4-5-14-11(16)9-3-2-8(13)6-10(9)12/h2-3,6-7,15H,4-5,13H2,1H3,(H,14,16). The number of hydrogen-bond acceptors (Lipinski definition) is 3. The van der Waals surface area contributed by atoms with E-state index in [0.717, 1.165) is 6.07 Å². The van der Waals surface area contributed by atoms with Crippen LogP contribution < -0.4 is 11.1 Å². The van der Waals surface area contributed by atoms with E-state index in [1.54, 1.807) is 6.92 Å². The Morgan fingerprint density at radius 1 is 1.62 bits per heavy atom. The maximum atomic E-state index is 13.3. The summed E-state index contributed by atoms with van der Waals surface area (Å²) in [5, 5.41) is 11.5. The molecule has 0 saturated carbocycles. The van der Waals surface area contributed by atoms with Crippen molar-refractivity contribution >= 4 is 11.6 Å². The summed E-state index contributed by atoms with van der Waals surface area (Å²) < 4.78 is 13.3. The fourth-order valence-corrected chi connectivity index (χ4v) is 1.21. The average molecular weight is 226 g/mol. The molecule has 0 saturated heterocycles. The Kier molecular flexibility index (Phi) is 4.25. The molecule has 4 nitrogen and oxygen atoms in total. The Morgan fingerprint density at radius 3 is 2.88 bits per heavy atom. The maximum Gasteiger partial charge on any atom is 0.254 e. The molecule has 5 heteroatoms. The normalized spacial score (nSPS) is 12.2. The number of aliphatic hydroxyl groups excluding tert-OH is 1. The smallest absolute Gasteiger partial charge is 0.254 e. The van der Waals surface area contributed by atoms with Crippen LogP contribution in [0.25, 0.3) is 0 Å². The molecule has 0 bridgehead atoms. The second-order valence-corrected chi connectivity index (χ2v) is 3.63. The number of rotatable bonds is 4. The summed E-state index contributed by atoms with van der Waals surface area (Å²) in [6.07, 6.45) is -0.0564. The van der Waals surface area contributed by atoms with Crippen molar-refractivity contribution in [1.82, 2.24) is 5.32 Å². The SMILES string of the molecule is CC(O)CCNC(=O)c1ccc(N)cc1F. The number of hydrogen-bond donors (Lipinski definition) is 3. The third-order valence-corrected chi connectivity index (χ3v) is 2.09. The molecular weight excluding hydrogens is 211 g/mol. The molecule has 1 rings (SSSR count). The molecule has 1 unspecified atom stereocenters. The second kappa shape index (κ2) is 5.46. The Balaban J connectivity index is 2.59. The fourth-order valence-electron chi connectivity index (χ4n) is 1.21. The van der Waals surface area contributed by atoms with Crippen molar-refractivity contribution in [3.8, 4) is 0 Å². The van der Waals surface area contributed by atoms with Gasteiger partial charge in [-0.3, -0.25) is 4.79 Å². The molecule has 16 heavy (non-hydrogen) atoms. The summed E-state index contributed by atoms with van der Waals surface area (Å²) in [5.41, 5.74) is 5.60. The van der Waals surface area contributed by atoms with Gasteiger partial charge in [-0.05, 0) is 31.5 Å². The molecule has 1 atom stereocenters. The molecule has 0 aliphatic carbocycles. The lowest BCUT2D eigenvalue weighted by Crippen LogP contribution is -2.27. The van der Waals surface area contributed by atoms with Gasteiger partial charge in [-0.15, -0.1) is 0 Å². The van der Waals surface area contributed by atoms with E-state index in [4.69, 9.17) is 10.8 Å². The van der Waals surface area contributed by atoms with E-state index < -0.39 is 17.8 Å². The number of anilines is 1. The molecule has 4 N–H and O–H groups in total. The van der Waals surface area contributed by atoms with Crippen LogP contribution in [0.4, 0.5) is 10.1 Å². The van der Waals surface area contributed by atoms with E-state index in [-0.39, 0.29) is 11.3 Å². The quantitative estimate of drug-likeness (QED) is 0.668. The number of amides is 1. The molecule has 1 amide bonds. The van der Waals surface area contributed by atoms with Gasteiger partial charge in [-0.25, -0.2) is 4.39 Å². The largest absolute Gasteiger partial charge is 0.399 e. The van der Waals surface area contributed by atoms with Gasteiger partial charge in [0, 0.05) is 12.2 Å². The molecule has 0 aromatic heterocycles. The number of carbonyl (C=O) groups is 1. The molecule has 0 aliphatic heterocycles. The second-order valence-electron chi connectivity index (χ2n) is 3.63. The molecule has 0 radical (unpaired) electrons. The third kappa shape index (κ3) is 3.51. The molecule has 1 aromatic carbocycles. The van der Waals surface area contributed by atoms with Crippen LogP contribution in [0.3, 0.4) is 0 Å². The first-order valence-corrected chi connectivity index (χ1v) is 5.02. The van der Waals surface area contributed by atoms with Crippen molar-refractivity contribution in [1.29, 1.82) is 0 Å². The number of halogens is 1. The Morgan fingerprint density at radius 2 is 2.31 bits per heavy atom. The van der Waals surface area contributed by atoms with Crippen molar-refractivity contribution in [2.75, 3.05) is 12.3 Å². The van der Waals surface area contributed by atoms with Gasteiger partial charge in [0.15, 0.2) is 0 Å². The summed E-state index contributed by atoms with van der Waals surface area (Å²) in [6.45, 7) is 1.93. The van der Waals surface area contributed by atoms with Crippen LogP contribution in [0.1, 0.15) is 23.7 Å². The summed E-state index contributed by atoms with van der Waals surface area (Å²) in [7, 11) is 0. The minimum atomic E-state index is -0.644. The fraction of sp³-hybridized carbons (Fsp3) is 0.364. The monoisotopic (exact) mass is 226 g/mol. The Bertz CT molecular complexity index is 380. The molecular formula is C11H15FN2O2. The minimum absolute atomic E-state index is 0.0419. The molecule has 0 fully saturated rings. The zero-order valence-corrected chi connectivity index (χ0v) is 9.03. The molecule has 0 aliphatic rings. The van der Waals surface area contributed by atoms with Crippen molar-refractivity contribution < 1.29 is 14.3 Å². The highest BCUT2D eigenvalue weighted by molar-refractivity contribution is 5.94. The topological polar surface area (TPSA) is 75.3 Å². The van der Waals surface area contributed by atoms with E-state index in [2.05, 4.69) is 5.32 Å². The van der Waals surface area contributed by atoms with E-state index in [1.165, 1.54) is 12.1 Å². The van der Waals surface area contributed by atoms with Gasteiger partial charge in [0.2, 0.25) is 0 Å². The van der Waals surface area contributed by atoms with Crippen LogP contribution in [0, 0.1) is 5.82 Å². The number of nitrogens with one attached hydrogen (secondary N) is 1. The Hall–Kier alpha value is -1.62. The van der Waals surface area contributed by atoms with Crippen LogP contribution >= 0.6 is 0 Å². The highest BCUT2D eigenvalue weighted by Gasteiger charge is 2.11. The van der Waals surface area contributed by atoms with Gasteiger partial charge in [-0.1, -0.05) is 0 Å². The number of nitrogen functional groups attached to an aromatic ring is 1. The first-order chi connectivity index (χ1) is 7.50. The lowest BCUT2D eigenvalue weighted by atomic mass is 10.1. The van der Waals surface area contributed by atoms with Crippen LogP contribution in [-0.2, 0) is 0 Å². The lowest BCUT2D eigenvalue weighted by molar-refractivity contribution is 0.0941. The van der Waals surface area contributed by atoms with Crippen molar-refractivity contribution in [3.63, 3.8) is 0 Å². The van der Waals surface area contributed by atoms with E-state index >= 15 is 0 Å². The van der Waals surface area contributed by atoms with Gasteiger partial charge in [0.05, 0.1) is 11.7 Å². The number of aliphatic hydroxyl groups is 1.